The summed E-state index contributed by atoms with van der Waals surface area (Å²) in [6.45, 7) is -4.54. The summed E-state index contributed by atoms with van der Waals surface area (Å²) in [6.07, 6.45) is 0. The molecule has 1 N–H and O–H groups in total. The van der Waals surface area contributed by atoms with Crippen LogP contribution in [0, 0.1) is 0 Å². The maximum absolute atomic E-state index is 12.4. The second kappa shape index (κ2) is 10.6. The molecule has 0 aliphatic carbocycles. The van der Waals surface area contributed by atoms with Crippen molar-refractivity contribution in [2.24, 2.45) is 0 Å². The van der Waals surface area contributed by atoms with Crippen LogP contribution in [0.5, 0.6) is 11.5 Å². The molecule has 0 radical (unpaired) electrons. The third-order valence-corrected chi connectivity index (χ3v) is 5.93. The number of rotatable bonds is 9. The van der Waals surface area contributed by atoms with Crippen molar-refractivity contribution in [2.45, 2.75) is 19.8 Å². The minimum Gasteiger partial charge on any atom is -0.435 e. The molecular formula is C24H20F4N2O2S. The van der Waals surface area contributed by atoms with Crippen LogP contribution in [-0.2, 0) is 6.54 Å². The molecule has 0 bridgehead atoms. The average Bonchev–Trinajstić information content (AvgIpc) is 3.18. The summed E-state index contributed by atoms with van der Waals surface area (Å²) >= 11 is 1.59. The first-order valence-corrected chi connectivity index (χ1v) is 10.8. The summed E-state index contributed by atoms with van der Waals surface area (Å²) in [7, 11) is 0. The van der Waals surface area contributed by atoms with Crippen molar-refractivity contribution in [2.75, 3.05) is 11.9 Å². The fourth-order valence-corrected chi connectivity index (χ4v) is 4.47. The first-order chi connectivity index (χ1) is 16.0. The molecule has 1 aliphatic rings. The lowest BCUT2D eigenvalue weighted by atomic mass is 10.1. The second-order valence-corrected chi connectivity index (χ2v) is 8.22. The van der Waals surface area contributed by atoms with Crippen LogP contribution in [0.1, 0.15) is 11.1 Å². The minimum atomic E-state index is -2.87. The number of nitrogens with one attached hydrogen (secondary N) is 1. The second-order valence-electron chi connectivity index (χ2n) is 7.11. The van der Waals surface area contributed by atoms with Gasteiger partial charge in [-0.1, -0.05) is 42.5 Å². The zero-order chi connectivity index (χ0) is 23.2. The average molecular weight is 476 g/mol. The maximum atomic E-state index is 12.4. The molecule has 172 valence electrons. The number of anilines is 1. The zero-order valence-corrected chi connectivity index (χ0v) is 18.1. The van der Waals surface area contributed by atoms with Gasteiger partial charge < -0.3 is 14.8 Å². The molecule has 0 atom stereocenters. The van der Waals surface area contributed by atoms with Gasteiger partial charge in [0.25, 0.3) is 0 Å². The van der Waals surface area contributed by atoms with Gasteiger partial charge in [0.2, 0.25) is 0 Å². The van der Waals surface area contributed by atoms with E-state index in [-0.39, 0.29) is 11.5 Å². The molecular weight excluding hydrogens is 456 g/mol. The van der Waals surface area contributed by atoms with Crippen LogP contribution < -0.4 is 14.8 Å². The molecule has 4 nitrogen and oxygen atoms in total. The summed E-state index contributed by atoms with van der Waals surface area (Å²) in [5.74, 6) is 0.210. The Morgan fingerprint density at radius 3 is 1.94 bits per heavy atom. The molecule has 1 aliphatic heterocycles. The van der Waals surface area contributed by atoms with Gasteiger partial charge in [0.05, 0.1) is 11.4 Å². The third-order valence-electron chi connectivity index (χ3n) is 4.75. The smallest absolute Gasteiger partial charge is 0.387 e. The molecule has 3 aromatic carbocycles. The molecule has 0 saturated heterocycles. The van der Waals surface area contributed by atoms with Gasteiger partial charge in [0.15, 0.2) is 0 Å². The number of nitrogens with zero attached hydrogens (tertiary/aromatic N) is 1. The lowest BCUT2D eigenvalue weighted by Crippen LogP contribution is -2.16. The van der Waals surface area contributed by atoms with Gasteiger partial charge in [0, 0.05) is 17.9 Å². The predicted octanol–water partition coefficient (Wildman–Crippen LogP) is 6.83. The van der Waals surface area contributed by atoms with Crippen molar-refractivity contribution in [3.63, 3.8) is 0 Å². The van der Waals surface area contributed by atoms with Gasteiger partial charge in [-0.25, -0.2) is 4.31 Å². The predicted molar refractivity (Wildman–Crippen MR) is 121 cm³/mol. The number of halogens is 4. The highest BCUT2D eigenvalue weighted by molar-refractivity contribution is 8.06. The molecule has 3 aromatic rings. The Kier molecular flexibility index (Phi) is 7.41. The van der Waals surface area contributed by atoms with Crippen LogP contribution in [-0.4, -0.2) is 24.1 Å². The molecule has 0 spiro atoms. The van der Waals surface area contributed by atoms with Crippen LogP contribution >= 0.6 is 11.9 Å². The van der Waals surface area contributed by atoms with Crippen LogP contribution in [0.2, 0.25) is 0 Å². The van der Waals surface area contributed by atoms with Crippen molar-refractivity contribution in [1.29, 1.82) is 0 Å². The van der Waals surface area contributed by atoms with Gasteiger partial charge in [0.1, 0.15) is 11.5 Å². The normalized spacial score (nSPS) is 14.2. The van der Waals surface area contributed by atoms with Gasteiger partial charge in [-0.2, -0.15) is 17.6 Å². The van der Waals surface area contributed by atoms with E-state index in [1.165, 1.54) is 24.3 Å². The maximum Gasteiger partial charge on any atom is 0.387 e. The van der Waals surface area contributed by atoms with Gasteiger partial charge >= 0.3 is 13.2 Å². The number of benzene rings is 3. The van der Waals surface area contributed by atoms with Crippen molar-refractivity contribution >= 4 is 22.5 Å². The number of alkyl halides is 4. The molecule has 1 heterocycles. The quantitative estimate of drug-likeness (QED) is 0.270. The van der Waals surface area contributed by atoms with E-state index in [1.54, 1.807) is 36.2 Å². The van der Waals surface area contributed by atoms with E-state index in [0.717, 1.165) is 27.4 Å². The Bertz CT molecular complexity index is 1080. The summed E-state index contributed by atoms with van der Waals surface area (Å²) in [4.78, 5) is 1.04. The molecule has 9 heteroatoms. The Morgan fingerprint density at radius 1 is 0.788 bits per heavy atom. The van der Waals surface area contributed by atoms with Crippen LogP contribution in [0.3, 0.4) is 0 Å². The molecule has 0 aromatic heterocycles. The first-order valence-electron chi connectivity index (χ1n) is 10.0. The fraction of sp³-hybridized carbons (Fsp3) is 0.167. The molecule has 0 fully saturated rings. The van der Waals surface area contributed by atoms with E-state index in [9.17, 15) is 17.6 Å². The summed E-state index contributed by atoms with van der Waals surface area (Å²) in [6, 6.07) is 22.8. The molecule has 4 rings (SSSR count). The van der Waals surface area contributed by atoms with E-state index in [0.29, 0.717) is 13.1 Å². The molecule has 0 unspecified atom stereocenters. The fourth-order valence-electron chi connectivity index (χ4n) is 3.34. The molecule has 33 heavy (non-hydrogen) atoms. The van der Waals surface area contributed by atoms with Gasteiger partial charge in [-0.3, -0.25) is 0 Å². The lowest BCUT2D eigenvalue weighted by Gasteiger charge is -2.15. The van der Waals surface area contributed by atoms with Crippen LogP contribution in [0.4, 0.5) is 23.2 Å². The molecule has 0 saturated carbocycles. The summed E-state index contributed by atoms with van der Waals surface area (Å²) in [5.41, 5.74) is 3.71. The first kappa shape index (κ1) is 23.0. The topological polar surface area (TPSA) is 33.7 Å². The minimum absolute atomic E-state index is 0.0921. The highest BCUT2D eigenvalue weighted by atomic mass is 32.2. The largest absolute Gasteiger partial charge is 0.435 e. The van der Waals surface area contributed by atoms with Gasteiger partial charge in [-0.05, 0) is 59.5 Å². The Morgan fingerprint density at radius 2 is 1.36 bits per heavy atom. The van der Waals surface area contributed by atoms with Crippen molar-refractivity contribution in [1.82, 2.24) is 4.31 Å². The van der Waals surface area contributed by atoms with Crippen molar-refractivity contribution in [3.8, 4) is 11.5 Å². The van der Waals surface area contributed by atoms with E-state index in [2.05, 4.69) is 19.1 Å². The third kappa shape index (κ3) is 6.43. The van der Waals surface area contributed by atoms with E-state index < -0.39 is 13.2 Å². The Hall–Kier alpha value is -3.17. The zero-order valence-electron chi connectivity index (χ0n) is 17.3. The summed E-state index contributed by atoms with van der Waals surface area (Å²) in [5, 5.41) is 3.39. The Labute approximate surface area is 192 Å². The SMILES string of the molecule is FC(F)Oc1ccc(CN2CC(Nc3ccc(OC(F)F)cc3)=C(c3ccccc3)S2)cc1. The molecule has 0 amide bonds. The monoisotopic (exact) mass is 476 g/mol. The van der Waals surface area contributed by atoms with Crippen molar-refractivity contribution < 1.29 is 27.0 Å². The summed E-state index contributed by atoms with van der Waals surface area (Å²) < 4.78 is 60.5. The van der Waals surface area contributed by atoms with Crippen LogP contribution in [0.25, 0.3) is 4.91 Å². The van der Waals surface area contributed by atoms with E-state index in [4.69, 9.17) is 0 Å². The highest BCUT2D eigenvalue weighted by Crippen LogP contribution is 2.41. The number of hydrogen-bond donors (Lipinski definition) is 1. The lowest BCUT2D eigenvalue weighted by molar-refractivity contribution is -0.0505. The highest BCUT2D eigenvalue weighted by Gasteiger charge is 2.25. The van der Waals surface area contributed by atoms with Crippen molar-refractivity contribution in [3.05, 3.63) is 95.7 Å². The number of hydrogen-bond acceptors (Lipinski definition) is 5. The van der Waals surface area contributed by atoms with Gasteiger partial charge in [-0.15, -0.1) is 0 Å². The van der Waals surface area contributed by atoms with E-state index >= 15 is 0 Å². The standard InChI is InChI=1S/C24H20F4N2O2S/c25-23(26)31-19-10-6-16(7-11-19)14-30-15-21(22(33-30)17-4-2-1-3-5-17)29-18-8-12-20(13-9-18)32-24(27)28/h1-13,23-24,29H,14-15H2. The number of ether oxygens (including phenoxy) is 2. The van der Waals surface area contributed by atoms with Crippen LogP contribution in [0.15, 0.2) is 84.6 Å². The Balaban J connectivity index is 1.48. The van der Waals surface area contributed by atoms with E-state index in [1.807, 2.05) is 30.3 Å².